The molecule has 2 saturated heterocycles. The Bertz CT molecular complexity index is 1450. The standard InChI is InChI=1S/C33H40N6O3S/c1-23(2)11-18-39-31(41)29(43-32(39)26-8-4-6-10-28(26)37-20-15-34-22-37)21-30(40)36-16-13-25(14-17-36)38-19-12-24-7-3-5-9-27(24)35-33(38)42/h3-10,15,20,22-23,25,29,32H,11-14,16-19,21H2,1-2H3,(H,35,42). The van der Waals surface area contributed by atoms with Gasteiger partial charge in [0.15, 0.2) is 0 Å². The highest BCUT2D eigenvalue weighted by molar-refractivity contribution is 8.01. The Morgan fingerprint density at radius 2 is 1.81 bits per heavy atom. The molecule has 0 spiro atoms. The predicted octanol–water partition coefficient (Wildman–Crippen LogP) is 5.33. The van der Waals surface area contributed by atoms with E-state index in [-0.39, 0.29) is 35.7 Å². The summed E-state index contributed by atoms with van der Waals surface area (Å²) in [5.74, 6) is 0.522. The van der Waals surface area contributed by atoms with Crippen molar-refractivity contribution in [2.75, 3.05) is 31.5 Å². The highest BCUT2D eigenvalue weighted by Crippen LogP contribution is 2.46. The van der Waals surface area contributed by atoms with Crippen LogP contribution in [-0.2, 0) is 16.0 Å². The fourth-order valence-corrected chi connectivity index (χ4v) is 7.88. The minimum Gasteiger partial charge on any atom is -0.342 e. The van der Waals surface area contributed by atoms with Crippen molar-refractivity contribution in [1.29, 1.82) is 0 Å². The molecule has 0 radical (unpaired) electrons. The topological polar surface area (TPSA) is 90.8 Å². The zero-order valence-electron chi connectivity index (χ0n) is 24.9. The molecule has 4 amide bonds. The van der Waals surface area contributed by atoms with Gasteiger partial charge in [-0.3, -0.25) is 9.59 Å². The first-order valence-corrected chi connectivity index (χ1v) is 16.3. The van der Waals surface area contributed by atoms with Crippen LogP contribution in [-0.4, -0.2) is 79.6 Å². The number of nitrogens with zero attached hydrogens (tertiary/aromatic N) is 5. The average molecular weight is 601 g/mol. The molecule has 0 bridgehead atoms. The number of urea groups is 1. The number of imidazole rings is 1. The van der Waals surface area contributed by atoms with Gasteiger partial charge in [-0.25, -0.2) is 9.78 Å². The minimum atomic E-state index is -0.423. The molecule has 2 aromatic carbocycles. The Morgan fingerprint density at radius 3 is 2.58 bits per heavy atom. The highest BCUT2D eigenvalue weighted by atomic mass is 32.2. The van der Waals surface area contributed by atoms with Crippen LogP contribution in [0.5, 0.6) is 0 Å². The molecule has 1 aromatic heterocycles. The number of likely N-dealkylation sites (tertiary alicyclic amines) is 1. The zero-order valence-corrected chi connectivity index (χ0v) is 25.7. The molecule has 0 aliphatic carbocycles. The second-order valence-electron chi connectivity index (χ2n) is 12.1. The van der Waals surface area contributed by atoms with Crippen molar-refractivity contribution in [2.24, 2.45) is 5.92 Å². The predicted molar refractivity (Wildman–Crippen MR) is 169 cm³/mol. The summed E-state index contributed by atoms with van der Waals surface area (Å²) in [6.07, 6.45) is 8.83. The van der Waals surface area contributed by atoms with Crippen molar-refractivity contribution < 1.29 is 14.4 Å². The molecule has 6 rings (SSSR count). The summed E-state index contributed by atoms with van der Waals surface area (Å²) < 4.78 is 1.98. The number of amides is 4. The zero-order chi connectivity index (χ0) is 29.9. The number of carbonyl (C=O) groups excluding carboxylic acids is 3. The maximum atomic E-state index is 13.8. The number of carbonyl (C=O) groups is 3. The SMILES string of the molecule is CC(C)CCN1C(=O)C(CC(=O)N2CCC(N3CCc4ccccc4NC3=O)CC2)SC1c1ccccc1-n1ccnc1. The number of aromatic nitrogens is 2. The van der Waals surface area contributed by atoms with Gasteiger partial charge in [0.2, 0.25) is 11.8 Å². The third-order valence-electron chi connectivity index (χ3n) is 8.83. The molecule has 4 heterocycles. The van der Waals surface area contributed by atoms with Crippen molar-refractivity contribution in [1.82, 2.24) is 24.3 Å². The van der Waals surface area contributed by atoms with E-state index in [2.05, 4.69) is 42.3 Å². The molecule has 43 heavy (non-hydrogen) atoms. The number of benzene rings is 2. The summed E-state index contributed by atoms with van der Waals surface area (Å²) in [4.78, 5) is 50.4. The smallest absolute Gasteiger partial charge is 0.322 e. The van der Waals surface area contributed by atoms with Crippen LogP contribution in [0.25, 0.3) is 5.69 Å². The van der Waals surface area contributed by atoms with Crippen LogP contribution in [0.15, 0.2) is 67.3 Å². The van der Waals surface area contributed by atoms with E-state index >= 15 is 0 Å². The van der Waals surface area contributed by atoms with Crippen molar-refractivity contribution in [3.05, 3.63) is 78.4 Å². The molecular formula is C33H40N6O3S. The molecule has 3 aromatic rings. The molecule has 2 atom stereocenters. The molecule has 3 aliphatic rings. The van der Waals surface area contributed by atoms with E-state index in [1.54, 1.807) is 24.3 Å². The lowest BCUT2D eigenvalue weighted by atomic mass is 10.0. The van der Waals surface area contributed by atoms with E-state index in [1.807, 2.05) is 55.8 Å². The summed E-state index contributed by atoms with van der Waals surface area (Å²) in [5, 5.41) is 2.47. The number of para-hydroxylation sites is 2. The van der Waals surface area contributed by atoms with Gasteiger partial charge in [0.05, 0.1) is 17.3 Å². The summed E-state index contributed by atoms with van der Waals surface area (Å²) in [5.41, 5.74) is 4.08. The van der Waals surface area contributed by atoms with Gasteiger partial charge in [-0.1, -0.05) is 50.2 Å². The number of hydrogen-bond donors (Lipinski definition) is 1. The second kappa shape index (κ2) is 12.8. The van der Waals surface area contributed by atoms with Crippen LogP contribution in [0.1, 0.15) is 56.0 Å². The molecule has 3 aliphatic heterocycles. The summed E-state index contributed by atoms with van der Waals surface area (Å²) >= 11 is 1.59. The fraction of sp³-hybridized carbons (Fsp3) is 0.455. The molecule has 1 N–H and O–H groups in total. The molecule has 0 saturated carbocycles. The van der Waals surface area contributed by atoms with Gasteiger partial charge in [0.25, 0.3) is 0 Å². The molecule has 2 unspecified atom stereocenters. The molecule has 9 nitrogen and oxygen atoms in total. The minimum absolute atomic E-state index is 0.0179. The van der Waals surface area contributed by atoms with Gasteiger partial charge in [0, 0.05) is 62.3 Å². The van der Waals surface area contributed by atoms with E-state index in [4.69, 9.17) is 0 Å². The van der Waals surface area contributed by atoms with E-state index in [0.717, 1.165) is 48.2 Å². The Hall–Kier alpha value is -3.79. The third-order valence-corrected chi connectivity index (χ3v) is 10.3. The number of hydrogen-bond acceptors (Lipinski definition) is 5. The maximum Gasteiger partial charge on any atom is 0.322 e. The van der Waals surface area contributed by atoms with Crippen LogP contribution in [0.2, 0.25) is 0 Å². The lowest BCUT2D eigenvalue weighted by molar-refractivity contribution is -0.136. The first-order chi connectivity index (χ1) is 20.9. The summed E-state index contributed by atoms with van der Waals surface area (Å²) in [7, 11) is 0. The Morgan fingerprint density at radius 1 is 1.05 bits per heavy atom. The van der Waals surface area contributed by atoms with E-state index in [9.17, 15) is 14.4 Å². The number of anilines is 1. The van der Waals surface area contributed by atoms with Gasteiger partial charge in [-0.15, -0.1) is 11.8 Å². The second-order valence-corrected chi connectivity index (χ2v) is 13.4. The van der Waals surface area contributed by atoms with E-state index in [1.165, 1.54) is 0 Å². The van der Waals surface area contributed by atoms with E-state index < -0.39 is 5.25 Å². The van der Waals surface area contributed by atoms with Gasteiger partial charge in [-0.05, 0) is 49.3 Å². The maximum absolute atomic E-state index is 13.8. The van der Waals surface area contributed by atoms with Crippen molar-refractivity contribution in [3.63, 3.8) is 0 Å². The Labute approximate surface area is 257 Å². The number of nitrogens with one attached hydrogen (secondary N) is 1. The van der Waals surface area contributed by atoms with Crippen LogP contribution in [0.4, 0.5) is 10.5 Å². The van der Waals surface area contributed by atoms with Crippen molar-refractivity contribution in [2.45, 2.75) is 62.6 Å². The monoisotopic (exact) mass is 600 g/mol. The van der Waals surface area contributed by atoms with Crippen LogP contribution < -0.4 is 5.32 Å². The summed E-state index contributed by atoms with van der Waals surface area (Å²) in [6, 6.07) is 16.1. The highest BCUT2D eigenvalue weighted by Gasteiger charge is 2.43. The first-order valence-electron chi connectivity index (χ1n) is 15.4. The Kier molecular flexibility index (Phi) is 8.74. The van der Waals surface area contributed by atoms with Crippen molar-refractivity contribution in [3.8, 4) is 5.69 Å². The number of fused-ring (bicyclic) bond motifs is 1. The van der Waals surface area contributed by atoms with Crippen LogP contribution >= 0.6 is 11.8 Å². The lowest BCUT2D eigenvalue weighted by Gasteiger charge is -2.38. The van der Waals surface area contributed by atoms with Gasteiger partial charge in [-0.2, -0.15) is 0 Å². The largest absolute Gasteiger partial charge is 0.342 e. The number of piperidine rings is 1. The normalized spacial score (nSPS) is 21.2. The lowest BCUT2D eigenvalue weighted by Crippen LogP contribution is -2.50. The van der Waals surface area contributed by atoms with Gasteiger partial charge >= 0.3 is 6.03 Å². The molecule has 10 heteroatoms. The van der Waals surface area contributed by atoms with Gasteiger partial charge in [0.1, 0.15) is 5.37 Å². The van der Waals surface area contributed by atoms with Crippen LogP contribution in [0.3, 0.4) is 0 Å². The Balaban J connectivity index is 1.11. The van der Waals surface area contributed by atoms with Crippen molar-refractivity contribution >= 4 is 35.3 Å². The quantitative estimate of drug-likeness (QED) is 0.377. The number of thioether (sulfide) groups is 1. The van der Waals surface area contributed by atoms with Gasteiger partial charge < -0.3 is 24.6 Å². The fourth-order valence-electron chi connectivity index (χ4n) is 6.37. The van der Waals surface area contributed by atoms with Crippen LogP contribution in [0, 0.1) is 5.92 Å². The summed E-state index contributed by atoms with van der Waals surface area (Å²) in [6.45, 7) is 6.85. The molecular weight excluding hydrogens is 560 g/mol. The average Bonchev–Trinajstić information content (AvgIpc) is 3.61. The first kappa shape index (κ1) is 29.3. The molecule has 2 fully saturated rings. The number of rotatable bonds is 8. The third kappa shape index (κ3) is 6.30. The van der Waals surface area contributed by atoms with E-state index in [0.29, 0.717) is 32.1 Å². The molecule has 226 valence electrons.